The number of anilines is 1. The monoisotopic (exact) mass is 448 g/mol. The number of aromatic nitrogens is 3. The van der Waals surface area contributed by atoms with Crippen molar-refractivity contribution in [3.05, 3.63) is 60.2 Å². The zero-order chi connectivity index (χ0) is 22.9. The molecule has 3 heterocycles. The number of rotatable bonds is 8. The van der Waals surface area contributed by atoms with Crippen LogP contribution in [0.3, 0.4) is 0 Å². The van der Waals surface area contributed by atoms with E-state index < -0.39 is 0 Å². The lowest BCUT2D eigenvalue weighted by molar-refractivity contribution is 0.260. The third-order valence-electron chi connectivity index (χ3n) is 5.52. The summed E-state index contributed by atoms with van der Waals surface area (Å²) in [5, 5.41) is 6.73. The number of piperazine rings is 1. The Morgan fingerprint density at radius 2 is 1.82 bits per heavy atom. The van der Waals surface area contributed by atoms with Gasteiger partial charge in [-0.05, 0) is 32.0 Å². The van der Waals surface area contributed by atoms with Crippen LogP contribution in [-0.4, -0.2) is 71.6 Å². The van der Waals surface area contributed by atoms with Crippen molar-refractivity contribution in [1.29, 1.82) is 0 Å². The van der Waals surface area contributed by atoms with Gasteiger partial charge in [0.05, 0.1) is 6.54 Å². The minimum absolute atomic E-state index is 0.459. The molecule has 0 radical (unpaired) electrons. The number of aryl methyl sites for hydroxylation is 1. The second-order valence-electron chi connectivity index (χ2n) is 8.01. The summed E-state index contributed by atoms with van der Waals surface area (Å²) in [6.45, 7) is 11.0. The van der Waals surface area contributed by atoms with Crippen molar-refractivity contribution in [3.63, 3.8) is 0 Å². The summed E-state index contributed by atoms with van der Waals surface area (Å²) in [5.74, 6) is 2.22. The highest BCUT2D eigenvalue weighted by Crippen LogP contribution is 2.19. The van der Waals surface area contributed by atoms with Crippen molar-refractivity contribution in [2.75, 3.05) is 50.7 Å². The molecule has 0 amide bonds. The SMILES string of the molecule is CCNC(=NCc1coc(-c2ccc(C)cc2)n1)NCCN1CCN(c2ncccn2)CC1. The smallest absolute Gasteiger partial charge is 0.226 e. The maximum Gasteiger partial charge on any atom is 0.226 e. The normalized spacial score (nSPS) is 15.0. The van der Waals surface area contributed by atoms with Crippen LogP contribution >= 0.6 is 0 Å². The van der Waals surface area contributed by atoms with Gasteiger partial charge in [-0.1, -0.05) is 17.7 Å². The summed E-state index contributed by atoms with van der Waals surface area (Å²) in [4.78, 5) is 22.6. The molecule has 33 heavy (non-hydrogen) atoms. The minimum atomic E-state index is 0.459. The zero-order valence-electron chi connectivity index (χ0n) is 19.4. The van der Waals surface area contributed by atoms with Gasteiger partial charge in [0.2, 0.25) is 11.8 Å². The molecule has 1 aliphatic rings. The Morgan fingerprint density at radius 1 is 1.06 bits per heavy atom. The van der Waals surface area contributed by atoms with Gasteiger partial charge in [0.1, 0.15) is 12.0 Å². The van der Waals surface area contributed by atoms with Crippen LogP contribution in [0.2, 0.25) is 0 Å². The van der Waals surface area contributed by atoms with Gasteiger partial charge in [-0.15, -0.1) is 0 Å². The lowest BCUT2D eigenvalue weighted by Crippen LogP contribution is -2.49. The van der Waals surface area contributed by atoms with E-state index in [2.05, 4.69) is 66.4 Å². The van der Waals surface area contributed by atoms with E-state index in [9.17, 15) is 0 Å². The van der Waals surface area contributed by atoms with Gasteiger partial charge in [0.15, 0.2) is 5.96 Å². The lowest BCUT2D eigenvalue weighted by Gasteiger charge is -2.34. The molecule has 9 heteroatoms. The third-order valence-corrected chi connectivity index (χ3v) is 5.52. The molecule has 2 N–H and O–H groups in total. The minimum Gasteiger partial charge on any atom is -0.444 e. The van der Waals surface area contributed by atoms with E-state index in [1.165, 1.54) is 5.56 Å². The molecule has 0 atom stereocenters. The topological polar surface area (TPSA) is 94.7 Å². The van der Waals surface area contributed by atoms with E-state index in [-0.39, 0.29) is 0 Å². The summed E-state index contributed by atoms with van der Waals surface area (Å²) in [6, 6.07) is 10.00. The predicted molar refractivity (Wildman–Crippen MR) is 130 cm³/mol. The van der Waals surface area contributed by atoms with Gasteiger partial charge in [-0.2, -0.15) is 0 Å². The van der Waals surface area contributed by atoms with E-state index in [0.29, 0.717) is 12.4 Å². The fourth-order valence-electron chi connectivity index (χ4n) is 3.67. The van der Waals surface area contributed by atoms with Gasteiger partial charge < -0.3 is 20.0 Å². The first-order valence-corrected chi connectivity index (χ1v) is 11.5. The maximum atomic E-state index is 5.64. The first-order valence-electron chi connectivity index (χ1n) is 11.5. The fourth-order valence-corrected chi connectivity index (χ4v) is 3.67. The molecule has 174 valence electrons. The molecule has 1 fully saturated rings. The zero-order valence-corrected chi connectivity index (χ0v) is 19.4. The Labute approximate surface area is 195 Å². The molecular formula is C24H32N8O. The van der Waals surface area contributed by atoms with E-state index in [1.54, 1.807) is 18.7 Å². The molecule has 0 spiro atoms. The number of hydrogen-bond acceptors (Lipinski definition) is 7. The van der Waals surface area contributed by atoms with Crippen LogP contribution in [0.1, 0.15) is 18.2 Å². The molecule has 1 saturated heterocycles. The first kappa shape index (κ1) is 22.7. The summed E-state index contributed by atoms with van der Waals surface area (Å²) in [6.07, 6.45) is 5.27. The maximum absolute atomic E-state index is 5.64. The summed E-state index contributed by atoms with van der Waals surface area (Å²) in [7, 11) is 0. The van der Waals surface area contributed by atoms with Crippen LogP contribution in [0.15, 0.2) is 58.4 Å². The largest absolute Gasteiger partial charge is 0.444 e. The Kier molecular flexibility index (Phi) is 7.86. The second-order valence-corrected chi connectivity index (χ2v) is 8.01. The summed E-state index contributed by atoms with van der Waals surface area (Å²) >= 11 is 0. The van der Waals surface area contributed by atoms with Crippen molar-refractivity contribution in [2.45, 2.75) is 20.4 Å². The average molecular weight is 449 g/mol. The number of aliphatic imine (C=N–C) groups is 1. The van der Waals surface area contributed by atoms with Gasteiger partial charge in [-0.3, -0.25) is 4.90 Å². The number of oxazole rings is 1. The highest BCUT2D eigenvalue weighted by Gasteiger charge is 2.18. The highest BCUT2D eigenvalue weighted by atomic mass is 16.3. The van der Waals surface area contributed by atoms with E-state index in [1.807, 2.05) is 18.2 Å². The van der Waals surface area contributed by atoms with E-state index >= 15 is 0 Å². The molecule has 0 bridgehead atoms. The van der Waals surface area contributed by atoms with Crippen molar-refractivity contribution in [2.24, 2.45) is 4.99 Å². The Balaban J connectivity index is 1.23. The number of hydrogen-bond donors (Lipinski definition) is 2. The predicted octanol–water partition coefficient (Wildman–Crippen LogP) is 2.32. The van der Waals surface area contributed by atoms with Gasteiger partial charge in [0, 0.05) is 63.8 Å². The number of benzene rings is 1. The number of nitrogens with one attached hydrogen (secondary N) is 2. The third kappa shape index (κ3) is 6.52. The van der Waals surface area contributed by atoms with Crippen molar-refractivity contribution in [1.82, 2.24) is 30.5 Å². The van der Waals surface area contributed by atoms with Crippen LogP contribution in [0.5, 0.6) is 0 Å². The van der Waals surface area contributed by atoms with Crippen molar-refractivity contribution >= 4 is 11.9 Å². The molecule has 2 aromatic heterocycles. The highest BCUT2D eigenvalue weighted by molar-refractivity contribution is 5.79. The fraction of sp³-hybridized carbons (Fsp3) is 0.417. The van der Waals surface area contributed by atoms with Gasteiger partial charge >= 0.3 is 0 Å². The molecule has 1 aromatic carbocycles. The molecule has 0 aliphatic carbocycles. The van der Waals surface area contributed by atoms with E-state index in [4.69, 9.17) is 4.42 Å². The molecule has 1 aliphatic heterocycles. The van der Waals surface area contributed by atoms with Crippen LogP contribution in [-0.2, 0) is 6.54 Å². The lowest BCUT2D eigenvalue weighted by atomic mass is 10.1. The standard InChI is InChI=1S/C24H32N8O/c1-3-25-23(29-17-21-18-33-22(30-21)20-7-5-19(2)6-8-20)26-11-12-31-13-15-32(16-14-31)24-27-9-4-10-28-24/h4-10,18H,3,11-17H2,1-2H3,(H2,25,26,29). The molecule has 9 nitrogen and oxygen atoms in total. The Morgan fingerprint density at radius 3 is 2.55 bits per heavy atom. The van der Waals surface area contributed by atoms with Crippen LogP contribution in [0.4, 0.5) is 5.95 Å². The van der Waals surface area contributed by atoms with Crippen LogP contribution in [0.25, 0.3) is 11.5 Å². The summed E-state index contributed by atoms with van der Waals surface area (Å²) in [5.41, 5.74) is 2.99. The van der Waals surface area contributed by atoms with Crippen LogP contribution < -0.4 is 15.5 Å². The molecule has 0 unspecified atom stereocenters. The van der Waals surface area contributed by atoms with Crippen molar-refractivity contribution < 1.29 is 4.42 Å². The van der Waals surface area contributed by atoms with Crippen LogP contribution in [0, 0.1) is 6.92 Å². The first-order chi connectivity index (χ1) is 16.2. The van der Waals surface area contributed by atoms with Gasteiger partial charge in [-0.25, -0.2) is 19.9 Å². The van der Waals surface area contributed by atoms with E-state index in [0.717, 1.165) is 69.0 Å². The number of guanidine groups is 1. The second kappa shape index (κ2) is 11.4. The average Bonchev–Trinajstić information content (AvgIpc) is 3.33. The molecule has 0 saturated carbocycles. The molecular weight excluding hydrogens is 416 g/mol. The Bertz CT molecular complexity index is 1010. The van der Waals surface area contributed by atoms with Gasteiger partial charge in [0.25, 0.3) is 0 Å². The number of nitrogens with zero attached hydrogens (tertiary/aromatic N) is 6. The Hall–Kier alpha value is -3.46. The quantitative estimate of drug-likeness (QED) is 0.401. The summed E-state index contributed by atoms with van der Waals surface area (Å²) < 4.78 is 5.64. The molecule has 4 rings (SSSR count). The molecule has 3 aromatic rings. The van der Waals surface area contributed by atoms with Crippen molar-refractivity contribution in [3.8, 4) is 11.5 Å².